The predicted octanol–water partition coefficient (Wildman–Crippen LogP) is 3.87. The Morgan fingerprint density at radius 2 is 1.75 bits per heavy atom. The second kappa shape index (κ2) is 5.11. The van der Waals surface area contributed by atoms with Gasteiger partial charge in [-0.1, -0.05) is 32.0 Å². The Morgan fingerprint density at radius 3 is 2.35 bits per heavy atom. The normalized spacial score (nSPS) is 11.9. The van der Waals surface area contributed by atoms with Crippen molar-refractivity contribution in [3.8, 4) is 11.3 Å². The van der Waals surface area contributed by atoms with Gasteiger partial charge in [0.2, 0.25) is 0 Å². The lowest BCUT2D eigenvalue weighted by Gasteiger charge is -2.14. The average Bonchev–Trinajstić information content (AvgIpc) is 2.37. The zero-order valence-corrected chi connectivity index (χ0v) is 11.1. The lowest BCUT2D eigenvalue weighted by atomic mass is 10.0. The molecule has 1 aromatic carbocycles. The maximum Gasteiger partial charge on any atom is 0.417 e. The van der Waals surface area contributed by atoms with Gasteiger partial charge >= 0.3 is 6.18 Å². The van der Waals surface area contributed by atoms with E-state index >= 15 is 0 Å². The van der Waals surface area contributed by atoms with Crippen molar-refractivity contribution in [2.45, 2.75) is 25.9 Å². The Hall–Kier alpha value is -2.11. The first kappa shape index (κ1) is 14.3. The van der Waals surface area contributed by atoms with Crippen LogP contribution in [0.1, 0.15) is 31.2 Å². The Bertz CT molecular complexity index is 621. The quantitative estimate of drug-likeness (QED) is 0.909. The fourth-order valence-corrected chi connectivity index (χ4v) is 1.84. The number of hydrogen-bond donors (Lipinski definition) is 1. The molecule has 0 unspecified atom stereocenters. The van der Waals surface area contributed by atoms with Crippen molar-refractivity contribution in [1.82, 2.24) is 9.97 Å². The fraction of sp³-hybridized carbons (Fsp3) is 0.286. The SMILES string of the molecule is CC(C)c1nc(N)cc(-c2ccccc2C(F)(F)F)n1. The number of nitrogen functional groups attached to an aromatic ring is 1. The number of benzene rings is 1. The zero-order chi connectivity index (χ0) is 14.9. The summed E-state index contributed by atoms with van der Waals surface area (Å²) < 4.78 is 39.1. The van der Waals surface area contributed by atoms with Crippen molar-refractivity contribution in [1.29, 1.82) is 0 Å². The van der Waals surface area contributed by atoms with Gasteiger partial charge in [-0.3, -0.25) is 0 Å². The van der Waals surface area contributed by atoms with Crippen LogP contribution in [-0.2, 0) is 6.18 Å². The molecule has 0 spiro atoms. The van der Waals surface area contributed by atoms with Crippen LogP contribution in [-0.4, -0.2) is 9.97 Å². The molecule has 3 nitrogen and oxygen atoms in total. The Morgan fingerprint density at radius 1 is 1.10 bits per heavy atom. The fourth-order valence-electron chi connectivity index (χ4n) is 1.84. The summed E-state index contributed by atoms with van der Waals surface area (Å²) in [7, 11) is 0. The van der Waals surface area contributed by atoms with Gasteiger partial charge in [-0.15, -0.1) is 0 Å². The third-order valence-corrected chi connectivity index (χ3v) is 2.79. The topological polar surface area (TPSA) is 51.8 Å². The summed E-state index contributed by atoms with van der Waals surface area (Å²) in [5.74, 6) is 0.572. The summed E-state index contributed by atoms with van der Waals surface area (Å²) in [5, 5.41) is 0. The monoisotopic (exact) mass is 281 g/mol. The van der Waals surface area contributed by atoms with E-state index in [1.54, 1.807) is 0 Å². The van der Waals surface area contributed by atoms with Crippen LogP contribution in [0.15, 0.2) is 30.3 Å². The molecule has 2 rings (SSSR count). The molecule has 2 aromatic rings. The molecular formula is C14H14F3N3. The molecule has 0 aliphatic carbocycles. The van der Waals surface area contributed by atoms with E-state index in [-0.39, 0.29) is 23.0 Å². The first-order valence-electron chi connectivity index (χ1n) is 6.10. The first-order chi connectivity index (χ1) is 9.29. The molecule has 0 saturated carbocycles. The lowest BCUT2D eigenvalue weighted by molar-refractivity contribution is -0.137. The highest BCUT2D eigenvalue weighted by Gasteiger charge is 2.33. The second-order valence-electron chi connectivity index (χ2n) is 4.73. The molecule has 0 saturated heterocycles. The minimum Gasteiger partial charge on any atom is -0.384 e. The summed E-state index contributed by atoms with van der Waals surface area (Å²) in [6, 6.07) is 6.66. The van der Waals surface area contributed by atoms with E-state index in [9.17, 15) is 13.2 Å². The minimum atomic E-state index is -4.44. The molecule has 6 heteroatoms. The van der Waals surface area contributed by atoms with Gasteiger partial charge in [-0.05, 0) is 6.07 Å². The van der Waals surface area contributed by atoms with Crippen molar-refractivity contribution in [3.05, 3.63) is 41.7 Å². The largest absolute Gasteiger partial charge is 0.417 e. The maximum absolute atomic E-state index is 13.0. The van der Waals surface area contributed by atoms with Crippen LogP contribution in [0.2, 0.25) is 0 Å². The van der Waals surface area contributed by atoms with Crippen LogP contribution in [0.4, 0.5) is 19.0 Å². The number of nitrogens with zero attached hydrogens (tertiary/aromatic N) is 2. The third-order valence-electron chi connectivity index (χ3n) is 2.79. The van der Waals surface area contributed by atoms with Gasteiger partial charge in [-0.25, -0.2) is 9.97 Å². The summed E-state index contributed by atoms with van der Waals surface area (Å²) in [4.78, 5) is 8.22. The third kappa shape index (κ3) is 2.89. The summed E-state index contributed by atoms with van der Waals surface area (Å²) in [6.45, 7) is 3.71. The van der Waals surface area contributed by atoms with Crippen molar-refractivity contribution >= 4 is 5.82 Å². The summed E-state index contributed by atoms with van der Waals surface area (Å²) >= 11 is 0. The molecule has 0 fully saturated rings. The summed E-state index contributed by atoms with van der Waals surface area (Å²) in [6.07, 6.45) is -4.44. The number of aromatic nitrogens is 2. The highest BCUT2D eigenvalue weighted by atomic mass is 19.4. The van der Waals surface area contributed by atoms with E-state index in [1.807, 2.05) is 13.8 Å². The van der Waals surface area contributed by atoms with Gasteiger partial charge in [0.25, 0.3) is 0 Å². The Kier molecular flexibility index (Phi) is 3.65. The Labute approximate surface area is 114 Å². The van der Waals surface area contributed by atoms with Gasteiger partial charge in [0.15, 0.2) is 0 Å². The number of hydrogen-bond acceptors (Lipinski definition) is 3. The average molecular weight is 281 g/mol. The van der Waals surface area contributed by atoms with Gasteiger partial charge in [0.05, 0.1) is 11.3 Å². The van der Waals surface area contributed by atoms with Crippen LogP contribution < -0.4 is 5.73 Å². The number of alkyl halides is 3. The van der Waals surface area contributed by atoms with Gasteiger partial charge in [0.1, 0.15) is 11.6 Å². The van der Waals surface area contributed by atoms with Crippen molar-refractivity contribution in [3.63, 3.8) is 0 Å². The molecule has 20 heavy (non-hydrogen) atoms. The number of rotatable bonds is 2. The second-order valence-corrected chi connectivity index (χ2v) is 4.73. The number of nitrogens with two attached hydrogens (primary N) is 1. The minimum absolute atomic E-state index is 0.0102. The van der Waals surface area contributed by atoms with Crippen LogP contribution in [0.25, 0.3) is 11.3 Å². The molecule has 1 heterocycles. The van der Waals surface area contributed by atoms with E-state index in [4.69, 9.17) is 5.73 Å². The van der Waals surface area contributed by atoms with Gasteiger partial charge in [0, 0.05) is 17.5 Å². The molecular weight excluding hydrogens is 267 g/mol. The smallest absolute Gasteiger partial charge is 0.384 e. The van der Waals surface area contributed by atoms with E-state index in [0.29, 0.717) is 5.82 Å². The van der Waals surface area contributed by atoms with Crippen LogP contribution in [0.5, 0.6) is 0 Å². The van der Waals surface area contributed by atoms with Crippen LogP contribution in [0.3, 0.4) is 0 Å². The lowest BCUT2D eigenvalue weighted by Crippen LogP contribution is -2.09. The van der Waals surface area contributed by atoms with E-state index in [2.05, 4.69) is 9.97 Å². The highest BCUT2D eigenvalue weighted by molar-refractivity contribution is 5.66. The first-order valence-corrected chi connectivity index (χ1v) is 6.10. The molecule has 0 amide bonds. The van der Waals surface area contributed by atoms with E-state index < -0.39 is 11.7 Å². The molecule has 0 aliphatic heterocycles. The van der Waals surface area contributed by atoms with Crippen molar-refractivity contribution < 1.29 is 13.2 Å². The highest BCUT2D eigenvalue weighted by Crippen LogP contribution is 2.36. The number of halogens is 3. The zero-order valence-electron chi connectivity index (χ0n) is 11.1. The molecule has 2 N–H and O–H groups in total. The molecule has 106 valence electrons. The van der Waals surface area contributed by atoms with Crippen molar-refractivity contribution in [2.24, 2.45) is 0 Å². The molecule has 0 atom stereocenters. The van der Waals surface area contributed by atoms with Gasteiger partial charge in [-0.2, -0.15) is 13.2 Å². The maximum atomic E-state index is 13.0. The van der Waals surface area contributed by atoms with E-state index in [1.165, 1.54) is 24.3 Å². The van der Waals surface area contributed by atoms with Crippen LogP contribution >= 0.6 is 0 Å². The Balaban J connectivity index is 2.63. The molecule has 0 aliphatic rings. The molecule has 0 bridgehead atoms. The predicted molar refractivity (Wildman–Crippen MR) is 71.0 cm³/mol. The van der Waals surface area contributed by atoms with Gasteiger partial charge < -0.3 is 5.73 Å². The summed E-state index contributed by atoms with van der Waals surface area (Å²) in [5.41, 5.74) is 5.13. The molecule has 1 aromatic heterocycles. The van der Waals surface area contributed by atoms with Crippen LogP contribution in [0, 0.1) is 0 Å². The number of anilines is 1. The van der Waals surface area contributed by atoms with Crippen molar-refractivity contribution in [2.75, 3.05) is 5.73 Å². The van der Waals surface area contributed by atoms with E-state index in [0.717, 1.165) is 6.07 Å². The molecule has 0 radical (unpaired) electrons. The standard InChI is InChI=1S/C14H14F3N3/c1-8(2)13-19-11(7-12(18)20-13)9-5-3-4-6-10(9)14(15,16)17/h3-8H,1-2H3,(H2,18,19,20).